The summed E-state index contributed by atoms with van der Waals surface area (Å²) < 4.78 is 13.9. The van der Waals surface area contributed by atoms with Crippen LogP contribution in [0.3, 0.4) is 0 Å². The lowest BCUT2D eigenvalue weighted by atomic mass is 10.0. The number of hydrogen-bond acceptors (Lipinski definition) is 3. The van der Waals surface area contributed by atoms with Gasteiger partial charge in [-0.25, -0.2) is 4.98 Å². The third-order valence-electron chi connectivity index (χ3n) is 13.2. The Kier molecular flexibility index (Phi) is 5.57. The molecule has 9 aromatic carbocycles. The fourth-order valence-electron chi connectivity index (χ4n) is 10.8. The van der Waals surface area contributed by atoms with Crippen LogP contribution in [0, 0.1) is 0 Å². The van der Waals surface area contributed by atoms with Gasteiger partial charge in [0.05, 0.1) is 38.6 Å². The average molecular weight is 764 g/mol. The molecule has 0 spiro atoms. The van der Waals surface area contributed by atoms with Crippen molar-refractivity contribution in [3.63, 3.8) is 0 Å². The molecule has 6 aromatic heterocycles. The number of rotatable bonds is 2. The summed E-state index contributed by atoms with van der Waals surface area (Å²) in [5.74, 6) is 1.30. The van der Waals surface area contributed by atoms with Crippen LogP contribution in [0.15, 0.2) is 180 Å². The molecule has 0 N–H and O–H groups in total. The lowest BCUT2D eigenvalue weighted by Gasteiger charge is -2.13. The third kappa shape index (κ3) is 3.66. The van der Waals surface area contributed by atoms with Crippen molar-refractivity contribution in [2.24, 2.45) is 0 Å². The normalized spacial score (nSPS) is 12.7. The van der Waals surface area contributed by atoms with Gasteiger partial charge in [0.25, 0.3) is 0 Å². The van der Waals surface area contributed by atoms with Gasteiger partial charge >= 0.3 is 0 Å². The summed E-state index contributed by atoms with van der Waals surface area (Å²) in [4.78, 5) is 11.3. The van der Waals surface area contributed by atoms with Crippen molar-refractivity contribution in [1.29, 1.82) is 0 Å². The number of fused-ring (bicyclic) bond motifs is 20. The van der Waals surface area contributed by atoms with E-state index in [0.29, 0.717) is 17.3 Å². The minimum absolute atomic E-state index is 0.591. The van der Waals surface area contributed by atoms with Crippen LogP contribution in [0.2, 0.25) is 0 Å². The van der Waals surface area contributed by atoms with Crippen LogP contribution in [-0.4, -0.2) is 23.5 Å². The molecule has 0 saturated heterocycles. The van der Waals surface area contributed by atoms with Crippen molar-refractivity contribution >= 4 is 125 Å². The van der Waals surface area contributed by atoms with Crippen molar-refractivity contribution < 1.29 is 4.42 Å². The molecule has 0 bridgehead atoms. The van der Waals surface area contributed by atoms with Gasteiger partial charge in [0.1, 0.15) is 11.1 Å². The maximum atomic E-state index is 6.83. The van der Waals surface area contributed by atoms with Gasteiger partial charge < -0.3 is 8.82 Å². The molecule has 60 heavy (non-hydrogen) atoms. The molecule has 0 radical (unpaired) electrons. The quantitative estimate of drug-likeness (QED) is 0.176. The number of para-hydroxylation sites is 4. The fourth-order valence-corrected chi connectivity index (χ4v) is 10.8. The zero-order chi connectivity index (χ0) is 38.8. The van der Waals surface area contributed by atoms with Crippen molar-refractivity contribution in [2.45, 2.75) is 0 Å². The molecular formula is C54H29N5O. The minimum Gasteiger partial charge on any atom is -0.450 e. The highest BCUT2D eigenvalue weighted by atomic mass is 16.3. The van der Waals surface area contributed by atoms with Gasteiger partial charge in [0.15, 0.2) is 11.4 Å². The van der Waals surface area contributed by atoms with Gasteiger partial charge in [-0.2, -0.15) is 4.98 Å². The van der Waals surface area contributed by atoms with Crippen LogP contribution < -0.4 is 0 Å². The van der Waals surface area contributed by atoms with E-state index >= 15 is 0 Å². The van der Waals surface area contributed by atoms with Gasteiger partial charge in [-0.3, -0.25) is 9.13 Å². The van der Waals surface area contributed by atoms with E-state index in [2.05, 4.69) is 177 Å². The predicted molar refractivity (Wildman–Crippen MR) is 248 cm³/mol. The molecule has 15 aromatic rings. The van der Waals surface area contributed by atoms with Crippen LogP contribution in [0.1, 0.15) is 0 Å². The molecular weight excluding hydrogens is 735 g/mol. The number of nitrogens with zero attached hydrogens (tertiary/aromatic N) is 5. The molecule has 0 aliphatic heterocycles. The maximum Gasteiger partial charge on any atom is 0.237 e. The van der Waals surface area contributed by atoms with E-state index in [4.69, 9.17) is 14.4 Å². The summed E-state index contributed by atoms with van der Waals surface area (Å²) in [5.41, 5.74) is 10.1. The molecule has 0 aliphatic carbocycles. The molecule has 0 saturated carbocycles. The molecule has 6 heteroatoms. The fraction of sp³-hybridized carbons (Fsp3) is 0. The van der Waals surface area contributed by atoms with E-state index in [1.165, 1.54) is 65.0 Å². The Bertz CT molecular complexity index is 4370. The molecule has 0 unspecified atom stereocenters. The standard InChI is InChI=1S/C54H29N5O/c1-3-15-32-30(13-1)26-28-43-46(32)35-18-6-11-23-42(35)58(43)53-52-49(37-20-8-12-24-45(37)60-52)55-54(56-53)59-44-29-39-34-17-5-9-21-40(34)57-41-22-10-7-19-36(41)48(51(39)57)47(44)38-27-25-31-14-2-4-16-33(31)50(38)59/h1-29H. The second kappa shape index (κ2) is 10.8. The molecule has 6 heterocycles. The second-order valence-corrected chi connectivity index (χ2v) is 16.1. The van der Waals surface area contributed by atoms with Gasteiger partial charge in [0, 0.05) is 53.9 Å². The van der Waals surface area contributed by atoms with Crippen LogP contribution >= 0.6 is 0 Å². The Morgan fingerprint density at radius 3 is 1.80 bits per heavy atom. The summed E-state index contributed by atoms with van der Waals surface area (Å²) >= 11 is 0. The van der Waals surface area contributed by atoms with E-state index < -0.39 is 0 Å². The van der Waals surface area contributed by atoms with Crippen LogP contribution in [-0.2, 0) is 0 Å². The minimum atomic E-state index is 0.591. The number of hydrogen-bond donors (Lipinski definition) is 0. The Hall–Kier alpha value is -8.22. The zero-order valence-electron chi connectivity index (χ0n) is 31.9. The topological polar surface area (TPSA) is 53.2 Å². The first-order chi connectivity index (χ1) is 29.8. The Morgan fingerprint density at radius 1 is 0.367 bits per heavy atom. The summed E-state index contributed by atoms with van der Waals surface area (Å²) in [6, 6.07) is 63.2. The summed E-state index contributed by atoms with van der Waals surface area (Å²) in [5, 5.41) is 15.3. The van der Waals surface area contributed by atoms with Gasteiger partial charge in [-0.05, 0) is 58.6 Å². The number of furan rings is 1. The van der Waals surface area contributed by atoms with Gasteiger partial charge in [-0.1, -0.05) is 133 Å². The monoisotopic (exact) mass is 763 g/mol. The number of benzene rings is 9. The largest absolute Gasteiger partial charge is 0.450 e. The van der Waals surface area contributed by atoms with E-state index in [1.54, 1.807) is 0 Å². The summed E-state index contributed by atoms with van der Waals surface area (Å²) in [6.45, 7) is 0. The highest BCUT2D eigenvalue weighted by Crippen LogP contribution is 2.48. The smallest absolute Gasteiger partial charge is 0.237 e. The van der Waals surface area contributed by atoms with Crippen LogP contribution in [0.25, 0.3) is 137 Å². The van der Waals surface area contributed by atoms with E-state index in [0.717, 1.165) is 54.7 Å². The lowest BCUT2D eigenvalue weighted by Crippen LogP contribution is -2.07. The van der Waals surface area contributed by atoms with Crippen molar-refractivity contribution in [1.82, 2.24) is 23.5 Å². The highest BCUT2D eigenvalue weighted by Gasteiger charge is 2.28. The summed E-state index contributed by atoms with van der Waals surface area (Å²) in [7, 11) is 0. The molecule has 276 valence electrons. The van der Waals surface area contributed by atoms with Gasteiger partial charge in [0.2, 0.25) is 5.95 Å². The average Bonchev–Trinajstić information content (AvgIpc) is 4.10. The third-order valence-corrected chi connectivity index (χ3v) is 13.2. The van der Waals surface area contributed by atoms with Gasteiger partial charge in [-0.15, -0.1) is 0 Å². The maximum absolute atomic E-state index is 6.83. The Balaban J connectivity index is 1.19. The molecule has 0 atom stereocenters. The highest BCUT2D eigenvalue weighted by molar-refractivity contribution is 6.37. The summed E-state index contributed by atoms with van der Waals surface area (Å²) in [6.07, 6.45) is 0. The molecule has 15 rings (SSSR count). The molecule has 0 fully saturated rings. The second-order valence-electron chi connectivity index (χ2n) is 16.1. The Labute approximate surface area is 339 Å². The first kappa shape index (κ1) is 30.9. The molecule has 0 amide bonds. The first-order valence-electron chi connectivity index (χ1n) is 20.4. The number of aromatic nitrogens is 5. The van der Waals surface area contributed by atoms with Crippen LogP contribution in [0.4, 0.5) is 0 Å². The SMILES string of the molecule is c1ccc2c(c1)ccc1c2c2ccccc2n1-c1nc(-n2c3cc4c5ccccc5n5c6ccccc6c(c3c3ccc6ccccc6c32)c45)nc2c1oc1ccccc12. The molecule has 6 nitrogen and oxygen atoms in total. The van der Waals surface area contributed by atoms with Crippen LogP contribution in [0.5, 0.6) is 0 Å². The van der Waals surface area contributed by atoms with E-state index in [-0.39, 0.29) is 0 Å². The van der Waals surface area contributed by atoms with Crippen molar-refractivity contribution in [3.05, 3.63) is 176 Å². The molecule has 0 aliphatic rings. The zero-order valence-corrected chi connectivity index (χ0v) is 31.9. The van der Waals surface area contributed by atoms with E-state index in [1.807, 2.05) is 12.1 Å². The van der Waals surface area contributed by atoms with Crippen molar-refractivity contribution in [2.75, 3.05) is 0 Å². The predicted octanol–water partition coefficient (Wildman–Crippen LogP) is 14.0. The Morgan fingerprint density at radius 2 is 0.983 bits per heavy atom. The van der Waals surface area contributed by atoms with Crippen molar-refractivity contribution in [3.8, 4) is 11.8 Å². The lowest BCUT2D eigenvalue weighted by molar-refractivity contribution is 0.661. The first-order valence-corrected chi connectivity index (χ1v) is 20.4. The van der Waals surface area contributed by atoms with E-state index in [9.17, 15) is 0 Å².